The largest absolute Gasteiger partial charge is 0.507 e. The third-order valence-electron chi connectivity index (χ3n) is 3.04. The topological polar surface area (TPSA) is 29.5 Å². The molecule has 0 spiro atoms. The van der Waals surface area contributed by atoms with Crippen LogP contribution in [0.2, 0.25) is 0 Å². The molecule has 0 aliphatic rings. The number of rotatable bonds is 3. The van der Waals surface area contributed by atoms with Gasteiger partial charge in [-0.3, -0.25) is 0 Å². The Bertz CT molecular complexity index is 827. The summed E-state index contributed by atoms with van der Waals surface area (Å²) in [5.41, 5.74) is 1.05. The van der Waals surface area contributed by atoms with Gasteiger partial charge in [0.15, 0.2) is 0 Å². The van der Waals surface area contributed by atoms with Crippen LogP contribution in [-0.2, 0) is 6.61 Å². The number of phenols is 1. The summed E-state index contributed by atoms with van der Waals surface area (Å²) in [5.74, 6) is -0.291. The maximum absolute atomic E-state index is 13.0. The lowest BCUT2D eigenvalue weighted by Crippen LogP contribution is -1.96. The first kappa shape index (κ1) is 19.4. The van der Waals surface area contributed by atoms with Crippen LogP contribution in [0.15, 0.2) is 75.7 Å². The van der Waals surface area contributed by atoms with Crippen molar-refractivity contribution in [2.24, 2.45) is 0 Å². The molecule has 0 bridgehead atoms. The fraction of sp³-hybridized carbons (Fsp3) is 0.0526. The van der Waals surface area contributed by atoms with Crippen molar-refractivity contribution in [3.8, 4) is 11.5 Å². The van der Waals surface area contributed by atoms with Gasteiger partial charge >= 0.3 is 0 Å². The Morgan fingerprint density at radius 2 is 1.40 bits per heavy atom. The second-order valence-corrected chi connectivity index (χ2v) is 6.65. The molecule has 25 heavy (non-hydrogen) atoms. The van der Waals surface area contributed by atoms with Crippen molar-refractivity contribution < 1.29 is 18.6 Å². The Hall–Kier alpha value is -1.92. The molecule has 0 fully saturated rings. The normalized spacial score (nSPS) is 9.92. The molecule has 0 radical (unpaired) electrons. The van der Waals surface area contributed by atoms with Crippen molar-refractivity contribution in [2.45, 2.75) is 6.61 Å². The van der Waals surface area contributed by atoms with Gasteiger partial charge in [-0.1, -0.05) is 30.3 Å². The molecule has 0 saturated heterocycles. The average Bonchev–Trinajstić information content (AvgIpc) is 2.61. The summed E-state index contributed by atoms with van der Waals surface area (Å²) in [5, 5.41) is 8.81. The predicted molar refractivity (Wildman–Crippen MR) is 101 cm³/mol. The van der Waals surface area contributed by atoms with Crippen molar-refractivity contribution in [3.63, 3.8) is 0 Å². The second kappa shape index (κ2) is 9.53. The minimum absolute atomic E-state index is 0.0741. The van der Waals surface area contributed by atoms with Crippen LogP contribution in [0.4, 0.5) is 8.78 Å². The molecule has 3 rings (SSSR count). The first-order chi connectivity index (χ1) is 12.0. The lowest BCUT2D eigenvalue weighted by molar-refractivity contribution is 0.302. The average molecular weight is 472 g/mol. The third kappa shape index (κ3) is 6.48. The Morgan fingerprint density at radius 3 is 2.00 bits per heavy atom. The number of aromatic hydroxyl groups is 1. The maximum Gasteiger partial charge on any atom is 0.136 e. The van der Waals surface area contributed by atoms with Crippen LogP contribution in [-0.4, -0.2) is 5.11 Å². The zero-order valence-electron chi connectivity index (χ0n) is 12.9. The van der Waals surface area contributed by atoms with Crippen LogP contribution in [0, 0.1) is 11.6 Å². The van der Waals surface area contributed by atoms with E-state index < -0.39 is 5.82 Å². The van der Waals surface area contributed by atoms with Gasteiger partial charge in [0.1, 0.15) is 29.7 Å². The van der Waals surface area contributed by atoms with Crippen LogP contribution in [0.5, 0.6) is 11.5 Å². The molecule has 0 heterocycles. The van der Waals surface area contributed by atoms with E-state index in [0.29, 0.717) is 16.8 Å². The summed E-state index contributed by atoms with van der Waals surface area (Å²) >= 11 is 6.32. The van der Waals surface area contributed by atoms with Gasteiger partial charge in [0.25, 0.3) is 0 Å². The molecule has 6 heteroatoms. The number of hydrogen-bond donors (Lipinski definition) is 1. The molecular weight excluding hydrogens is 458 g/mol. The Kier molecular flexibility index (Phi) is 7.40. The van der Waals surface area contributed by atoms with Crippen LogP contribution in [0.3, 0.4) is 0 Å². The molecular formula is C19H14Br2F2O2. The molecule has 3 aromatic carbocycles. The van der Waals surface area contributed by atoms with E-state index in [2.05, 4.69) is 31.9 Å². The summed E-state index contributed by atoms with van der Waals surface area (Å²) in [6.07, 6.45) is 0. The van der Waals surface area contributed by atoms with Gasteiger partial charge in [0, 0.05) is 12.1 Å². The van der Waals surface area contributed by atoms with Crippen LogP contribution in [0.1, 0.15) is 5.56 Å². The first-order valence-corrected chi connectivity index (χ1v) is 8.80. The molecule has 1 N–H and O–H groups in total. The molecule has 0 unspecified atom stereocenters. The monoisotopic (exact) mass is 470 g/mol. The van der Waals surface area contributed by atoms with Crippen molar-refractivity contribution in [1.82, 2.24) is 0 Å². The number of halogens is 4. The maximum atomic E-state index is 13.0. The van der Waals surface area contributed by atoms with Crippen molar-refractivity contribution in [3.05, 3.63) is 92.9 Å². The van der Waals surface area contributed by atoms with E-state index in [0.717, 1.165) is 16.1 Å². The van der Waals surface area contributed by atoms with Gasteiger partial charge in [0.2, 0.25) is 0 Å². The van der Waals surface area contributed by atoms with Gasteiger partial charge < -0.3 is 9.84 Å². The summed E-state index contributed by atoms with van der Waals surface area (Å²) in [6.45, 7) is 0.433. The lowest BCUT2D eigenvalue weighted by atomic mass is 10.2. The minimum Gasteiger partial charge on any atom is -0.507 e. The molecule has 2 nitrogen and oxygen atoms in total. The quantitative estimate of drug-likeness (QED) is 0.474. The number of phenolic OH excluding ortho intramolecular Hbond substituents is 1. The van der Waals surface area contributed by atoms with Gasteiger partial charge in [-0.2, -0.15) is 0 Å². The van der Waals surface area contributed by atoms with E-state index in [1.165, 1.54) is 24.3 Å². The van der Waals surface area contributed by atoms with Crippen molar-refractivity contribution in [1.29, 1.82) is 0 Å². The molecule has 0 aliphatic heterocycles. The highest BCUT2D eigenvalue weighted by Crippen LogP contribution is 2.26. The number of benzene rings is 3. The molecule has 0 aliphatic carbocycles. The Balaban J connectivity index is 0.000000212. The first-order valence-electron chi connectivity index (χ1n) is 7.21. The fourth-order valence-corrected chi connectivity index (χ4v) is 2.42. The van der Waals surface area contributed by atoms with E-state index in [4.69, 9.17) is 9.84 Å². The second-order valence-electron chi connectivity index (χ2n) is 4.94. The highest BCUT2D eigenvalue weighted by atomic mass is 79.9. The van der Waals surface area contributed by atoms with Gasteiger partial charge in [-0.25, -0.2) is 8.78 Å². The third-order valence-corrected chi connectivity index (χ3v) is 4.36. The summed E-state index contributed by atoms with van der Waals surface area (Å²) in [7, 11) is 0. The number of hydrogen-bond acceptors (Lipinski definition) is 2. The lowest BCUT2D eigenvalue weighted by Gasteiger charge is -2.08. The predicted octanol–water partition coefficient (Wildman–Crippen LogP) is 6.46. The zero-order valence-corrected chi connectivity index (χ0v) is 16.1. The smallest absolute Gasteiger partial charge is 0.136 e. The summed E-state index contributed by atoms with van der Waals surface area (Å²) < 4.78 is 31.9. The van der Waals surface area contributed by atoms with Gasteiger partial charge in [-0.05, 0) is 61.7 Å². The molecule has 0 atom stereocenters. The molecule has 3 aromatic rings. The standard InChI is InChI=1S/C13H10BrFO.C6H4BrFO/c14-12-7-6-11(15)8-13(12)16-9-10-4-2-1-3-5-10;7-5-2-1-4(8)3-6(5)9/h1-8H,9H2;1-3,9H. The molecule has 0 saturated carbocycles. The molecule has 0 aromatic heterocycles. The Morgan fingerprint density at radius 1 is 0.800 bits per heavy atom. The number of ether oxygens (including phenoxy) is 1. The molecule has 130 valence electrons. The SMILES string of the molecule is Fc1ccc(Br)c(OCc2ccccc2)c1.Oc1cc(F)ccc1Br. The van der Waals surface area contributed by atoms with Gasteiger partial charge in [0.05, 0.1) is 8.95 Å². The van der Waals surface area contributed by atoms with E-state index >= 15 is 0 Å². The van der Waals surface area contributed by atoms with Crippen LogP contribution < -0.4 is 4.74 Å². The van der Waals surface area contributed by atoms with Gasteiger partial charge in [-0.15, -0.1) is 0 Å². The highest BCUT2D eigenvalue weighted by Gasteiger charge is 2.03. The van der Waals surface area contributed by atoms with Crippen molar-refractivity contribution in [2.75, 3.05) is 0 Å². The van der Waals surface area contributed by atoms with E-state index in [9.17, 15) is 8.78 Å². The van der Waals surface area contributed by atoms with Crippen molar-refractivity contribution >= 4 is 31.9 Å². The fourth-order valence-electron chi connectivity index (χ4n) is 1.81. The van der Waals surface area contributed by atoms with E-state index in [1.54, 1.807) is 6.07 Å². The highest BCUT2D eigenvalue weighted by molar-refractivity contribution is 9.10. The Labute approximate surface area is 161 Å². The summed E-state index contributed by atoms with van der Waals surface area (Å²) in [6, 6.07) is 17.9. The van der Waals surface area contributed by atoms with E-state index in [-0.39, 0.29) is 11.6 Å². The van der Waals surface area contributed by atoms with Crippen LogP contribution >= 0.6 is 31.9 Å². The zero-order chi connectivity index (χ0) is 18.2. The molecule has 0 amide bonds. The minimum atomic E-state index is -0.435. The van der Waals surface area contributed by atoms with E-state index in [1.807, 2.05) is 30.3 Å². The summed E-state index contributed by atoms with van der Waals surface area (Å²) in [4.78, 5) is 0. The van der Waals surface area contributed by atoms with Crippen LogP contribution in [0.25, 0.3) is 0 Å².